The molecule has 0 bridgehead atoms. The van der Waals surface area contributed by atoms with Gasteiger partial charge in [0.25, 0.3) is 5.69 Å². The highest BCUT2D eigenvalue weighted by atomic mass is 16.6. The molecule has 0 aliphatic carbocycles. The van der Waals surface area contributed by atoms with Gasteiger partial charge < -0.3 is 4.74 Å². The Morgan fingerprint density at radius 1 is 0.939 bits per heavy atom. The highest BCUT2D eigenvalue weighted by molar-refractivity contribution is 6.15. The number of nitrogens with zero attached hydrogens (tertiary/aromatic N) is 3. The fourth-order valence-electron chi connectivity index (χ4n) is 3.46. The van der Waals surface area contributed by atoms with Gasteiger partial charge in [-0.1, -0.05) is 60.7 Å². The first-order valence-electron chi connectivity index (χ1n) is 10.2. The lowest BCUT2D eigenvalue weighted by Gasteiger charge is -2.10. The highest BCUT2D eigenvalue weighted by Crippen LogP contribution is 2.31. The van der Waals surface area contributed by atoms with Crippen molar-refractivity contribution in [1.82, 2.24) is 9.78 Å². The van der Waals surface area contributed by atoms with Crippen molar-refractivity contribution in [2.24, 2.45) is 0 Å². The molecule has 0 fully saturated rings. The third kappa shape index (κ3) is 4.27. The molecule has 0 N–H and O–H groups in total. The van der Waals surface area contributed by atoms with Gasteiger partial charge in [-0.2, -0.15) is 5.10 Å². The smallest absolute Gasteiger partial charge is 0.342 e. The molecule has 3 aromatic carbocycles. The van der Waals surface area contributed by atoms with Crippen LogP contribution in [0.1, 0.15) is 33.3 Å². The molecule has 0 aliphatic rings. The van der Waals surface area contributed by atoms with Crippen LogP contribution in [0.2, 0.25) is 0 Å². The summed E-state index contributed by atoms with van der Waals surface area (Å²) in [4.78, 5) is 37.0. The van der Waals surface area contributed by atoms with E-state index >= 15 is 0 Å². The van der Waals surface area contributed by atoms with E-state index in [2.05, 4.69) is 5.10 Å². The zero-order valence-electron chi connectivity index (χ0n) is 17.7. The summed E-state index contributed by atoms with van der Waals surface area (Å²) in [6.07, 6.45) is 0. The lowest BCUT2D eigenvalue weighted by molar-refractivity contribution is -0.384. The molecular weight excluding hydrogens is 422 g/mol. The normalized spacial score (nSPS) is 10.6. The number of aromatic nitrogens is 2. The number of nitro benzene ring substituents is 1. The van der Waals surface area contributed by atoms with Gasteiger partial charge in [0, 0.05) is 23.3 Å². The number of hydrogen-bond acceptors (Lipinski definition) is 6. The minimum atomic E-state index is -0.677. The Labute approximate surface area is 189 Å². The van der Waals surface area contributed by atoms with Crippen LogP contribution in [0.15, 0.2) is 84.9 Å². The molecule has 0 aliphatic heterocycles. The summed E-state index contributed by atoms with van der Waals surface area (Å²) in [5, 5.41) is 15.6. The van der Waals surface area contributed by atoms with Crippen LogP contribution in [0.25, 0.3) is 16.9 Å². The zero-order chi connectivity index (χ0) is 23.4. The van der Waals surface area contributed by atoms with E-state index < -0.39 is 16.7 Å². The molecule has 8 nitrogen and oxygen atoms in total. The summed E-state index contributed by atoms with van der Waals surface area (Å²) in [6, 6.07) is 23.3. The molecule has 0 unspecified atom stereocenters. The topological polar surface area (TPSA) is 104 Å². The van der Waals surface area contributed by atoms with E-state index in [9.17, 15) is 19.7 Å². The zero-order valence-corrected chi connectivity index (χ0v) is 17.7. The summed E-state index contributed by atoms with van der Waals surface area (Å²) >= 11 is 0. The van der Waals surface area contributed by atoms with E-state index in [0.29, 0.717) is 22.5 Å². The van der Waals surface area contributed by atoms with Crippen LogP contribution in [-0.2, 0) is 4.74 Å². The Kier molecular flexibility index (Phi) is 6.08. The van der Waals surface area contributed by atoms with Crippen LogP contribution in [0, 0.1) is 10.1 Å². The quantitative estimate of drug-likeness (QED) is 0.176. The van der Waals surface area contributed by atoms with E-state index in [0.717, 1.165) is 0 Å². The fraction of sp³-hybridized carbons (Fsp3) is 0.0800. The maximum absolute atomic E-state index is 13.4. The third-order valence-electron chi connectivity index (χ3n) is 4.97. The molecule has 0 saturated heterocycles. The molecule has 0 saturated carbocycles. The van der Waals surface area contributed by atoms with Gasteiger partial charge in [-0.25, -0.2) is 9.48 Å². The minimum Gasteiger partial charge on any atom is -0.462 e. The van der Waals surface area contributed by atoms with Gasteiger partial charge in [-0.05, 0) is 19.1 Å². The van der Waals surface area contributed by atoms with Crippen molar-refractivity contribution in [3.63, 3.8) is 0 Å². The van der Waals surface area contributed by atoms with Crippen LogP contribution in [0.3, 0.4) is 0 Å². The largest absolute Gasteiger partial charge is 0.462 e. The summed E-state index contributed by atoms with van der Waals surface area (Å²) in [5.74, 6) is -1.11. The standard InChI is InChI=1S/C25H19N3O5/c1-2-33-25(30)21-22(24(29)18-11-7-4-8-12-18)26-27(23(21)17-9-5-3-6-10-17)19-13-15-20(16-14-19)28(31)32/h3-16H,2H2,1H3. The van der Waals surface area contributed by atoms with Crippen LogP contribution in [0.5, 0.6) is 0 Å². The number of ether oxygens (including phenoxy) is 1. The maximum Gasteiger partial charge on any atom is 0.342 e. The second-order valence-corrected chi connectivity index (χ2v) is 7.04. The number of esters is 1. The first-order chi connectivity index (χ1) is 16.0. The van der Waals surface area contributed by atoms with E-state index in [1.807, 2.05) is 6.07 Å². The van der Waals surface area contributed by atoms with Crippen LogP contribution >= 0.6 is 0 Å². The molecule has 0 amide bonds. The highest BCUT2D eigenvalue weighted by Gasteiger charge is 2.31. The van der Waals surface area contributed by atoms with Gasteiger partial charge >= 0.3 is 5.97 Å². The Hall–Kier alpha value is -4.59. The van der Waals surface area contributed by atoms with E-state index in [4.69, 9.17) is 4.74 Å². The van der Waals surface area contributed by atoms with Gasteiger partial charge in [0.2, 0.25) is 5.78 Å². The number of hydrogen-bond donors (Lipinski definition) is 0. The monoisotopic (exact) mass is 441 g/mol. The average Bonchev–Trinajstić information content (AvgIpc) is 3.25. The fourth-order valence-corrected chi connectivity index (χ4v) is 3.46. The molecule has 0 radical (unpaired) electrons. The lowest BCUT2D eigenvalue weighted by atomic mass is 10.0. The number of ketones is 1. The molecular formula is C25H19N3O5. The molecule has 164 valence electrons. The number of nitro groups is 1. The van der Waals surface area contributed by atoms with E-state index in [1.54, 1.807) is 61.5 Å². The maximum atomic E-state index is 13.4. The van der Waals surface area contributed by atoms with Crippen molar-refractivity contribution in [2.45, 2.75) is 6.92 Å². The third-order valence-corrected chi connectivity index (χ3v) is 4.97. The van der Waals surface area contributed by atoms with Gasteiger partial charge in [0.1, 0.15) is 11.3 Å². The molecule has 4 aromatic rings. The van der Waals surface area contributed by atoms with E-state index in [-0.39, 0.29) is 23.6 Å². The van der Waals surface area contributed by atoms with Crippen LogP contribution in [0.4, 0.5) is 5.69 Å². The average molecular weight is 441 g/mol. The molecule has 33 heavy (non-hydrogen) atoms. The molecule has 1 aromatic heterocycles. The first kappa shape index (κ1) is 21.6. The van der Waals surface area contributed by atoms with Crippen LogP contribution in [-0.4, -0.2) is 33.1 Å². The van der Waals surface area contributed by atoms with Crippen molar-refractivity contribution in [1.29, 1.82) is 0 Å². The molecule has 0 atom stereocenters. The number of non-ortho nitro benzene ring substituents is 1. The molecule has 8 heteroatoms. The summed E-state index contributed by atoms with van der Waals surface area (Å²) in [5.41, 5.74) is 1.72. The second kappa shape index (κ2) is 9.27. The van der Waals surface area contributed by atoms with Gasteiger partial charge in [-0.15, -0.1) is 0 Å². The van der Waals surface area contributed by atoms with E-state index in [1.165, 1.54) is 28.9 Å². The molecule has 0 spiro atoms. The Morgan fingerprint density at radius 3 is 2.12 bits per heavy atom. The minimum absolute atomic E-state index is 0.0373. The van der Waals surface area contributed by atoms with Crippen molar-refractivity contribution >= 4 is 17.4 Å². The number of benzene rings is 3. The summed E-state index contributed by atoms with van der Waals surface area (Å²) in [7, 11) is 0. The molecule has 1 heterocycles. The SMILES string of the molecule is CCOC(=O)c1c(C(=O)c2ccccc2)nn(-c2ccc([N+](=O)[O-])cc2)c1-c1ccccc1. The first-order valence-corrected chi connectivity index (χ1v) is 10.2. The van der Waals surface area contributed by atoms with Crippen molar-refractivity contribution in [2.75, 3.05) is 6.61 Å². The molecule has 4 rings (SSSR count). The summed E-state index contributed by atoms with van der Waals surface area (Å²) < 4.78 is 6.73. The van der Waals surface area contributed by atoms with Crippen molar-refractivity contribution in [3.05, 3.63) is 112 Å². The number of rotatable bonds is 7. The van der Waals surface area contributed by atoms with Crippen molar-refractivity contribution in [3.8, 4) is 16.9 Å². The van der Waals surface area contributed by atoms with Gasteiger partial charge in [-0.3, -0.25) is 14.9 Å². The Bertz CT molecular complexity index is 1310. The summed E-state index contributed by atoms with van der Waals surface area (Å²) in [6.45, 7) is 1.80. The van der Waals surface area contributed by atoms with Crippen molar-refractivity contribution < 1.29 is 19.2 Å². The second-order valence-electron chi connectivity index (χ2n) is 7.04. The van der Waals surface area contributed by atoms with Gasteiger partial charge in [0.15, 0.2) is 0 Å². The van der Waals surface area contributed by atoms with Gasteiger partial charge in [0.05, 0.1) is 22.9 Å². The predicted octanol–water partition coefficient (Wildman–Crippen LogP) is 4.86. The lowest BCUT2D eigenvalue weighted by Crippen LogP contribution is -2.12. The van der Waals surface area contributed by atoms with Crippen LogP contribution < -0.4 is 0 Å². The Balaban J connectivity index is 2.00. The number of carbonyl (C=O) groups is 2. The Morgan fingerprint density at radius 2 is 1.55 bits per heavy atom. The predicted molar refractivity (Wildman–Crippen MR) is 121 cm³/mol. The number of carbonyl (C=O) groups excluding carboxylic acids is 2.